The molecule has 4 heterocycles. The van der Waals surface area contributed by atoms with E-state index < -0.39 is 0 Å². The van der Waals surface area contributed by atoms with Crippen LogP contribution in [0.15, 0.2) is 29.1 Å². The van der Waals surface area contributed by atoms with Gasteiger partial charge in [0.1, 0.15) is 0 Å². The van der Waals surface area contributed by atoms with Gasteiger partial charge in [0.25, 0.3) is 5.56 Å². The van der Waals surface area contributed by atoms with Crippen LogP contribution in [0.4, 0.5) is 0 Å². The average molecular weight is 439 g/mol. The van der Waals surface area contributed by atoms with E-state index in [2.05, 4.69) is 38.4 Å². The van der Waals surface area contributed by atoms with Crippen LogP contribution >= 0.6 is 0 Å². The summed E-state index contributed by atoms with van der Waals surface area (Å²) in [6.07, 6.45) is 4.55. The van der Waals surface area contributed by atoms with E-state index in [0.29, 0.717) is 19.6 Å². The molecule has 9 heteroatoms. The van der Waals surface area contributed by atoms with Crippen molar-refractivity contribution in [2.45, 2.75) is 64.4 Å². The van der Waals surface area contributed by atoms with Gasteiger partial charge in [0, 0.05) is 37.4 Å². The molecule has 2 atom stereocenters. The van der Waals surface area contributed by atoms with Gasteiger partial charge < -0.3 is 14.5 Å². The summed E-state index contributed by atoms with van der Waals surface area (Å²) in [6, 6.07) is 8.06. The Hall–Kier alpha value is -2.62. The Morgan fingerprint density at radius 3 is 2.72 bits per heavy atom. The molecule has 0 saturated carbocycles. The minimum Gasteiger partial charge on any atom is -0.377 e. The summed E-state index contributed by atoms with van der Waals surface area (Å²) in [5.74, 6) is 0.784. The van der Waals surface area contributed by atoms with Crippen molar-refractivity contribution in [3.63, 3.8) is 0 Å². The first-order chi connectivity index (χ1) is 15.6. The van der Waals surface area contributed by atoms with E-state index in [1.807, 2.05) is 22.9 Å². The van der Waals surface area contributed by atoms with Gasteiger partial charge in [-0.05, 0) is 66.6 Å². The lowest BCUT2D eigenvalue weighted by Gasteiger charge is -2.25. The molecule has 9 nitrogen and oxygen atoms in total. The number of ether oxygens (including phenoxy) is 2. The molecule has 5 rings (SSSR count). The number of aromatic amines is 1. The second-order valence-corrected chi connectivity index (χ2v) is 8.93. The number of nitrogens with one attached hydrogen (secondary N) is 1. The summed E-state index contributed by atoms with van der Waals surface area (Å²) < 4.78 is 13.5. The number of nitrogens with zero attached hydrogens (tertiary/aromatic N) is 5. The van der Waals surface area contributed by atoms with E-state index in [4.69, 9.17) is 9.47 Å². The van der Waals surface area contributed by atoms with E-state index in [-0.39, 0.29) is 17.8 Å². The smallest absolute Gasteiger partial charge is 0.252 e. The van der Waals surface area contributed by atoms with E-state index in [1.54, 1.807) is 0 Å². The van der Waals surface area contributed by atoms with Crippen LogP contribution in [0, 0.1) is 6.92 Å². The Morgan fingerprint density at radius 2 is 1.94 bits per heavy atom. The van der Waals surface area contributed by atoms with Gasteiger partial charge >= 0.3 is 0 Å². The van der Waals surface area contributed by atoms with Crippen molar-refractivity contribution in [2.75, 3.05) is 19.8 Å². The van der Waals surface area contributed by atoms with Gasteiger partial charge in [-0.25, -0.2) is 4.68 Å². The normalized spacial score (nSPS) is 21.2. The van der Waals surface area contributed by atoms with Gasteiger partial charge in [0.15, 0.2) is 5.82 Å². The third-order valence-electron chi connectivity index (χ3n) is 6.33. The van der Waals surface area contributed by atoms with Gasteiger partial charge in [-0.2, -0.15) is 0 Å². The lowest BCUT2D eigenvalue weighted by molar-refractivity contribution is 0.0647. The van der Waals surface area contributed by atoms with Crippen LogP contribution in [0.1, 0.15) is 42.6 Å². The number of aryl methyl sites for hydroxylation is 1. The highest BCUT2D eigenvalue weighted by Gasteiger charge is 2.24. The zero-order valence-corrected chi connectivity index (χ0v) is 18.5. The van der Waals surface area contributed by atoms with E-state index in [9.17, 15) is 4.79 Å². The summed E-state index contributed by atoms with van der Waals surface area (Å²) >= 11 is 0. The van der Waals surface area contributed by atoms with Crippen molar-refractivity contribution in [3.8, 4) is 0 Å². The molecule has 2 aliphatic rings. The highest BCUT2D eigenvalue weighted by atomic mass is 16.5. The number of H-pyrrole nitrogens is 1. The summed E-state index contributed by atoms with van der Waals surface area (Å²) in [4.78, 5) is 18.1. The molecule has 2 fully saturated rings. The average Bonchev–Trinajstić information content (AvgIpc) is 3.54. The second kappa shape index (κ2) is 9.48. The van der Waals surface area contributed by atoms with Gasteiger partial charge in [0.05, 0.1) is 25.3 Å². The first-order valence-electron chi connectivity index (χ1n) is 11.5. The van der Waals surface area contributed by atoms with Crippen molar-refractivity contribution in [2.24, 2.45) is 0 Å². The molecule has 1 N–H and O–H groups in total. The largest absolute Gasteiger partial charge is 0.377 e. The minimum absolute atomic E-state index is 0.0577. The number of hydrogen-bond acceptors (Lipinski definition) is 7. The molecule has 0 bridgehead atoms. The molecular formula is C23H30N6O3. The van der Waals surface area contributed by atoms with Crippen molar-refractivity contribution >= 4 is 10.9 Å². The molecule has 0 amide bonds. The number of pyridine rings is 1. The number of hydrogen-bond donors (Lipinski definition) is 1. The fourth-order valence-corrected chi connectivity index (χ4v) is 4.65. The molecule has 2 aromatic heterocycles. The zero-order valence-electron chi connectivity index (χ0n) is 18.5. The molecule has 3 aromatic rings. The summed E-state index contributed by atoms with van der Waals surface area (Å²) in [5, 5.41) is 13.4. The summed E-state index contributed by atoms with van der Waals surface area (Å²) in [6.45, 7) is 6.10. The summed E-state index contributed by atoms with van der Waals surface area (Å²) in [7, 11) is 0. The molecule has 2 saturated heterocycles. The third-order valence-corrected chi connectivity index (χ3v) is 6.33. The number of fused-ring (bicyclic) bond motifs is 1. The zero-order chi connectivity index (χ0) is 21.9. The number of rotatable bonds is 8. The maximum Gasteiger partial charge on any atom is 0.252 e. The van der Waals surface area contributed by atoms with Crippen LogP contribution in [0.5, 0.6) is 0 Å². The maximum absolute atomic E-state index is 12.8. The van der Waals surface area contributed by atoms with Crippen LogP contribution < -0.4 is 5.56 Å². The molecule has 0 aliphatic carbocycles. The molecule has 2 aliphatic heterocycles. The number of tetrazole rings is 1. The Bertz CT molecular complexity index is 1110. The van der Waals surface area contributed by atoms with Crippen LogP contribution in [0.2, 0.25) is 0 Å². The highest BCUT2D eigenvalue weighted by Crippen LogP contribution is 2.19. The third kappa shape index (κ3) is 4.90. The van der Waals surface area contributed by atoms with Gasteiger partial charge in [-0.3, -0.25) is 9.69 Å². The topological polar surface area (TPSA) is 98.2 Å². The van der Waals surface area contributed by atoms with Gasteiger partial charge in [0.2, 0.25) is 0 Å². The van der Waals surface area contributed by atoms with Crippen LogP contribution in [-0.2, 0) is 29.1 Å². The maximum atomic E-state index is 12.8. The predicted molar refractivity (Wildman–Crippen MR) is 119 cm³/mol. The lowest BCUT2D eigenvalue weighted by Crippen LogP contribution is -2.34. The number of aromatic nitrogens is 5. The minimum atomic E-state index is -0.0577. The highest BCUT2D eigenvalue weighted by molar-refractivity contribution is 5.79. The molecular weight excluding hydrogens is 408 g/mol. The molecule has 0 spiro atoms. The molecule has 170 valence electrons. The van der Waals surface area contributed by atoms with Crippen molar-refractivity contribution < 1.29 is 9.47 Å². The number of benzene rings is 1. The van der Waals surface area contributed by atoms with Crippen molar-refractivity contribution in [1.29, 1.82) is 0 Å². The van der Waals surface area contributed by atoms with Crippen LogP contribution in [0.3, 0.4) is 0 Å². The van der Waals surface area contributed by atoms with E-state index in [0.717, 1.165) is 67.7 Å². The Labute approximate surface area is 186 Å². The van der Waals surface area contributed by atoms with Crippen LogP contribution in [0.25, 0.3) is 10.9 Å². The quantitative estimate of drug-likeness (QED) is 0.576. The fourth-order valence-electron chi connectivity index (χ4n) is 4.65. The Morgan fingerprint density at radius 1 is 1.12 bits per heavy atom. The monoisotopic (exact) mass is 438 g/mol. The first kappa shape index (κ1) is 21.2. The molecule has 32 heavy (non-hydrogen) atoms. The lowest BCUT2D eigenvalue weighted by atomic mass is 10.1. The van der Waals surface area contributed by atoms with E-state index in [1.165, 1.54) is 5.56 Å². The Balaban J connectivity index is 1.38. The van der Waals surface area contributed by atoms with Gasteiger partial charge in [-0.1, -0.05) is 11.6 Å². The second-order valence-electron chi connectivity index (χ2n) is 8.93. The molecule has 0 radical (unpaired) electrons. The van der Waals surface area contributed by atoms with Crippen LogP contribution in [-0.4, -0.2) is 62.1 Å². The molecule has 1 aromatic carbocycles. The van der Waals surface area contributed by atoms with Crippen molar-refractivity contribution in [3.05, 3.63) is 51.6 Å². The molecule has 0 unspecified atom stereocenters. The van der Waals surface area contributed by atoms with Gasteiger partial charge in [-0.15, -0.1) is 5.10 Å². The predicted octanol–water partition coefficient (Wildman–Crippen LogP) is 2.18. The standard InChI is InChI=1S/C23H30N6O3/c1-16-6-7-21-17(10-16)11-18(23(30)24-21)12-28(13-19-4-2-8-31-19)15-22-25-26-27-29(22)14-20-5-3-9-32-20/h6-7,10-11,19-20H,2-5,8-9,12-15H2,1H3,(H,24,30)/t19-,20+/m0/s1. The fraction of sp³-hybridized carbons (Fsp3) is 0.565. The van der Waals surface area contributed by atoms with E-state index >= 15 is 0 Å². The summed E-state index contributed by atoms with van der Waals surface area (Å²) in [5.41, 5.74) is 2.70. The first-order valence-corrected chi connectivity index (χ1v) is 11.5. The van der Waals surface area contributed by atoms with Crippen molar-refractivity contribution in [1.82, 2.24) is 30.1 Å². The Kier molecular flexibility index (Phi) is 6.29. The SMILES string of the molecule is Cc1ccc2[nH]c(=O)c(CN(Cc3nnnn3C[C@H]3CCCO3)C[C@@H]3CCCO3)cc2c1.